The van der Waals surface area contributed by atoms with Crippen LogP contribution in [-0.2, 0) is 0 Å². The first-order valence-corrected chi connectivity index (χ1v) is 4.53. The van der Waals surface area contributed by atoms with E-state index >= 15 is 0 Å². The maximum atomic E-state index is 2.41. The van der Waals surface area contributed by atoms with Crippen LogP contribution in [0.5, 0.6) is 0 Å². The zero-order valence-electron chi connectivity index (χ0n) is 7.99. The van der Waals surface area contributed by atoms with Crippen LogP contribution in [0.3, 0.4) is 0 Å². The fraction of sp³-hybridized carbons (Fsp3) is 1.00. The molecular formula is C10H20. The SMILES string of the molecule is CCC1(CC)C(C)C1(C)C. The van der Waals surface area contributed by atoms with Crippen molar-refractivity contribution < 1.29 is 0 Å². The van der Waals surface area contributed by atoms with Crippen molar-refractivity contribution in [1.82, 2.24) is 0 Å². The highest BCUT2D eigenvalue weighted by Gasteiger charge is 2.65. The van der Waals surface area contributed by atoms with Gasteiger partial charge in [0.05, 0.1) is 0 Å². The molecule has 0 aliphatic heterocycles. The molecule has 0 heteroatoms. The molecule has 0 bridgehead atoms. The van der Waals surface area contributed by atoms with Gasteiger partial charge in [0.1, 0.15) is 0 Å². The van der Waals surface area contributed by atoms with Gasteiger partial charge in [-0.25, -0.2) is 0 Å². The topological polar surface area (TPSA) is 0 Å². The van der Waals surface area contributed by atoms with E-state index in [4.69, 9.17) is 0 Å². The molecular weight excluding hydrogens is 120 g/mol. The normalized spacial score (nSPS) is 33.9. The predicted octanol–water partition coefficient (Wildman–Crippen LogP) is 3.47. The molecule has 1 saturated carbocycles. The minimum atomic E-state index is 0.622. The molecule has 1 aliphatic rings. The predicted molar refractivity (Wildman–Crippen MR) is 46.0 cm³/mol. The molecule has 0 saturated heterocycles. The zero-order valence-corrected chi connectivity index (χ0v) is 7.99. The molecule has 0 aromatic carbocycles. The summed E-state index contributed by atoms with van der Waals surface area (Å²) in [6.45, 7) is 11.9. The molecule has 0 N–H and O–H groups in total. The summed E-state index contributed by atoms with van der Waals surface area (Å²) >= 11 is 0. The van der Waals surface area contributed by atoms with Gasteiger partial charge in [-0.15, -0.1) is 0 Å². The molecule has 60 valence electrons. The van der Waals surface area contributed by atoms with Crippen molar-refractivity contribution in [3.63, 3.8) is 0 Å². The van der Waals surface area contributed by atoms with E-state index in [1.54, 1.807) is 0 Å². The first kappa shape index (κ1) is 8.10. The van der Waals surface area contributed by atoms with Crippen LogP contribution in [0.1, 0.15) is 47.5 Å². The molecule has 0 radical (unpaired) electrons. The Kier molecular flexibility index (Phi) is 1.61. The molecule has 0 nitrogen and oxygen atoms in total. The quantitative estimate of drug-likeness (QED) is 0.551. The summed E-state index contributed by atoms with van der Waals surface area (Å²) in [5.41, 5.74) is 1.31. The van der Waals surface area contributed by atoms with Crippen molar-refractivity contribution in [2.24, 2.45) is 16.7 Å². The van der Waals surface area contributed by atoms with Crippen LogP contribution in [0, 0.1) is 16.7 Å². The van der Waals surface area contributed by atoms with Crippen molar-refractivity contribution in [2.45, 2.75) is 47.5 Å². The molecule has 0 spiro atoms. The van der Waals surface area contributed by atoms with E-state index in [0.29, 0.717) is 10.8 Å². The minimum absolute atomic E-state index is 0.622. The van der Waals surface area contributed by atoms with Crippen LogP contribution < -0.4 is 0 Å². The van der Waals surface area contributed by atoms with E-state index in [-0.39, 0.29) is 0 Å². The highest BCUT2D eigenvalue weighted by atomic mass is 14.7. The Labute approximate surface area is 65.0 Å². The Balaban J connectivity index is 2.73. The molecule has 1 atom stereocenters. The molecule has 0 aromatic rings. The highest BCUT2D eigenvalue weighted by Crippen LogP contribution is 2.72. The van der Waals surface area contributed by atoms with Crippen LogP contribution >= 0.6 is 0 Å². The van der Waals surface area contributed by atoms with Gasteiger partial charge in [-0.2, -0.15) is 0 Å². The van der Waals surface area contributed by atoms with Gasteiger partial charge >= 0.3 is 0 Å². The molecule has 1 rings (SSSR count). The lowest BCUT2D eigenvalue weighted by atomic mass is 9.90. The number of hydrogen-bond acceptors (Lipinski definition) is 0. The number of hydrogen-bond donors (Lipinski definition) is 0. The summed E-state index contributed by atoms with van der Waals surface area (Å²) in [7, 11) is 0. The monoisotopic (exact) mass is 140 g/mol. The van der Waals surface area contributed by atoms with E-state index in [2.05, 4.69) is 34.6 Å². The second-order valence-corrected chi connectivity index (χ2v) is 4.31. The summed E-state index contributed by atoms with van der Waals surface area (Å²) in [6, 6.07) is 0. The first-order chi connectivity index (χ1) is 4.53. The summed E-state index contributed by atoms with van der Waals surface area (Å²) in [6.07, 6.45) is 2.72. The Morgan fingerprint density at radius 3 is 1.40 bits per heavy atom. The van der Waals surface area contributed by atoms with E-state index in [0.717, 1.165) is 5.92 Å². The van der Waals surface area contributed by atoms with E-state index in [1.807, 2.05) is 0 Å². The minimum Gasteiger partial charge on any atom is -0.0648 e. The summed E-state index contributed by atoms with van der Waals surface area (Å²) in [5.74, 6) is 0.940. The van der Waals surface area contributed by atoms with Crippen molar-refractivity contribution >= 4 is 0 Å². The third-order valence-electron chi connectivity index (χ3n) is 4.37. The van der Waals surface area contributed by atoms with Crippen LogP contribution in [0.4, 0.5) is 0 Å². The van der Waals surface area contributed by atoms with Crippen molar-refractivity contribution in [3.05, 3.63) is 0 Å². The van der Waals surface area contributed by atoms with Crippen molar-refractivity contribution in [3.8, 4) is 0 Å². The Bertz CT molecular complexity index is 129. The molecule has 1 aliphatic carbocycles. The zero-order chi connectivity index (χ0) is 7.99. The molecule has 1 fully saturated rings. The van der Waals surface area contributed by atoms with Gasteiger partial charge in [0, 0.05) is 0 Å². The van der Waals surface area contributed by atoms with Crippen LogP contribution in [0.2, 0.25) is 0 Å². The van der Waals surface area contributed by atoms with Gasteiger partial charge < -0.3 is 0 Å². The maximum Gasteiger partial charge on any atom is -0.0218 e. The van der Waals surface area contributed by atoms with E-state index in [1.165, 1.54) is 12.8 Å². The molecule has 0 heterocycles. The second kappa shape index (κ2) is 1.99. The lowest BCUT2D eigenvalue weighted by Gasteiger charge is -2.14. The van der Waals surface area contributed by atoms with Crippen LogP contribution in [0.15, 0.2) is 0 Å². The lowest BCUT2D eigenvalue weighted by Crippen LogP contribution is -2.05. The molecule has 0 aromatic heterocycles. The maximum absolute atomic E-state index is 2.41. The standard InChI is InChI=1S/C10H20/c1-6-10(7-2)8(3)9(10,4)5/h8H,6-7H2,1-5H3. The number of rotatable bonds is 2. The van der Waals surface area contributed by atoms with E-state index < -0.39 is 0 Å². The fourth-order valence-corrected chi connectivity index (χ4v) is 3.00. The van der Waals surface area contributed by atoms with Crippen LogP contribution in [-0.4, -0.2) is 0 Å². The molecule has 0 amide bonds. The first-order valence-electron chi connectivity index (χ1n) is 4.53. The average molecular weight is 140 g/mol. The van der Waals surface area contributed by atoms with Gasteiger partial charge in [0.25, 0.3) is 0 Å². The van der Waals surface area contributed by atoms with Crippen molar-refractivity contribution in [2.75, 3.05) is 0 Å². The third-order valence-corrected chi connectivity index (χ3v) is 4.37. The van der Waals surface area contributed by atoms with Gasteiger partial charge in [-0.05, 0) is 29.6 Å². The smallest absolute Gasteiger partial charge is 0.0218 e. The Morgan fingerprint density at radius 2 is 1.40 bits per heavy atom. The summed E-state index contributed by atoms with van der Waals surface area (Å²) < 4.78 is 0. The Hall–Kier alpha value is 0. The Morgan fingerprint density at radius 1 is 1.10 bits per heavy atom. The average Bonchev–Trinajstić information content (AvgIpc) is 2.31. The van der Waals surface area contributed by atoms with Gasteiger partial charge in [-0.1, -0.05) is 34.6 Å². The fourth-order valence-electron chi connectivity index (χ4n) is 3.00. The largest absolute Gasteiger partial charge is 0.0648 e. The van der Waals surface area contributed by atoms with Crippen LogP contribution in [0.25, 0.3) is 0 Å². The van der Waals surface area contributed by atoms with E-state index in [9.17, 15) is 0 Å². The van der Waals surface area contributed by atoms with Gasteiger partial charge in [0.15, 0.2) is 0 Å². The summed E-state index contributed by atoms with van der Waals surface area (Å²) in [4.78, 5) is 0. The van der Waals surface area contributed by atoms with Gasteiger partial charge in [0.2, 0.25) is 0 Å². The highest BCUT2D eigenvalue weighted by molar-refractivity contribution is 5.13. The summed E-state index contributed by atoms with van der Waals surface area (Å²) in [5, 5.41) is 0. The van der Waals surface area contributed by atoms with Gasteiger partial charge in [-0.3, -0.25) is 0 Å². The lowest BCUT2D eigenvalue weighted by molar-refractivity contribution is 0.354. The second-order valence-electron chi connectivity index (χ2n) is 4.31. The third kappa shape index (κ3) is 0.627. The molecule has 10 heavy (non-hydrogen) atoms. The molecule has 1 unspecified atom stereocenters. The van der Waals surface area contributed by atoms with Crippen molar-refractivity contribution in [1.29, 1.82) is 0 Å².